The van der Waals surface area contributed by atoms with Gasteiger partial charge in [-0.05, 0) is 51.1 Å². The zero-order valence-corrected chi connectivity index (χ0v) is 23.4. The Hall–Kier alpha value is -4.19. The lowest BCUT2D eigenvalue weighted by Gasteiger charge is -2.38. The Kier molecular flexibility index (Phi) is 8.88. The Morgan fingerprint density at radius 3 is 2.38 bits per heavy atom. The van der Waals surface area contributed by atoms with Gasteiger partial charge in [0, 0.05) is 43.0 Å². The fourth-order valence-corrected chi connectivity index (χ4v) is 4.50. The van der Waals surface area contributed by atoms with Crippen molar-refractivity contribution < 1.29 is 33.7 Å². The highest BCUT2D eigenvalue weighted by Crippen LogP contribution is 2.34. The molecule has 3 atom stereocenters. The summed E-state index contributed by atoms with van der Waals surface area (Å²) in [4.78, 5) is 42.1. The summed E-state index contributed by atoms with van der Waals surface area (Å²) >= 11 is 0. The van der Waals surface area contributed by atoms with E-state index in [1.807, 2.05) is 20.8 Å². The Morgan fingerprint density at radius 1 is 1.05 bits per heavy atom. The smallest absolute Gasteiger partial charge is 0.323 e. The normalized spacial score (nSPS) is 18.7. The first kappa shape index (κ1) is 28.8. The van der Waals surface area contributed by atoms with Crippen LogP contribution < -0.4 is 30.2 Å². The number of amides is 5. The van der Waals surface area contributed by atoms with Gasteiger partial charge in [0.2, 0.25) is 6.79 Å². The van der Waals surface area contributed by atoms with E-state index in [0.717, 1.165) is 0 Å². The average molecular weight is 556 g/mol. The Bertz CT molecular complexity index is 1250. The van der Waals surface area contributed by atoms with Crippen molar-refractivity contribution in [2.24, 2.45) is 5.92 Å². The molecule has 216 valence electrons. The number of carbonyl (C=O) groups excluding carboxylic acids is 3. The van der Waals surface area contributed by atoms with Gasteiger partial charge >= 0.3 is 12.1 Å². The van der Waals surface area contributed by atoms with Gasteiger partial charge in [-0.15, -0.1) is 0 Å². The van der Waals surface area contributed by atoms with Crippen molar-refractivity contribution in [1.29, 1.82) is 0 Å². The second kappa shape index (κ2) is 12.3. The molecule has 2 aliphatic rings. The molecule has 12 nitrogen and oxygen atoms in total. The Morgan fingerprint density at radius 2 is 1.70 bits per heavy atom. The van der Waals surface area contributed by atoms with Gasteiger partial charge in [-0.3, -0.25) is 4.79 Å². The van der Waals surface area contributed by atoms with Gasteiger partial charge in [-0.2, -0.15) is 0 Å². The standard InChI is InChI=1S/C28H37N5O7/c1-16(2)29-28(37)32(5)13-25-17(3)12-33(18(4)14-34)26(35)21-10-19(6-8-22(21)40-25)30-27(36)31-20-7-9-23-24(11-20)39-15-38-23/h6-11,16-18,25,34H,12-15H2,1-5H3,(H,29,37)(H2,30,31,36)/t17-,18-,25+/m1/s1. The van der Waals surface area contributed by atoms with Crippen molar-refractivity contribution in [3.05, 3.63) is 42.0 Å². The van der Waals surface area contributed by atoms with Crippen LogP contribution in [0, 0.1) is 5.92 Å². The summed E-state index contributed by atoms with van der Waals surface area (Å²) < 4.78 is 17.0. The number of urea groups is 2. The van der Waals surface area contributed by atoms with Crippen LogP contribution in [0.15, 0.2) is 36.4 Å². The fourth-order valence-electron chi connectivity index (χ4n) is 4.50. The van der Waals surface area contributed by atoms with Crippen LogP contribution in [-0.2, 0) is 0 Å². The molecular weight excluding hydrogens is 518 g/mol. The van der Waals surface area contributed by atoms with Crippen molar-refractivity contribution in [2.75, 3.05) is 44.2 Å². The van der Waals surface area contributed by atoms with Gasteiger partial charge in [0.15, 0.2) is 11.5 Å². The summed E-state index contributed by atoms with van der Waals surface area (Å²) in [6.07, 6.45) is -0.434. The summed E-state index contributed by atoms with van der Waals surface area (Å²) in [5.74, 6) is 0.998. The highest BCUT2D eigenvalue weighted by atomic mass is 16.7. The number of carbonyl (C=O) groups is 3. The molecule has 0 unspecified atom stereocenters. The van der Waals surface area contributed by atoms with Gasteiger partial charge in [-0.25, -0.2) is 9.59 Å². The molecular formula is C28H37N5O7. The molecule has 40 heavy (non-hydrogen) atoms. The third-order valence-corrected chi connectivity index (χ3v) is 6.77. The molecule has 2 aromatic rings. The van der Waals surface area contributed by atoms with Crippen molar-refractivity contribution in [1.82, 2.24) is 15.1 Å². The number of benzene rings is 2. The second-order valence-electron chi connectivity index (χ2n) is 10.5. The van der Waals surface area contributed by atoms with Crippen LogP contribution in [0.3, 0.4) is 0 Å². The zero-order valence-electron chi connectivity index (χ0n) is 23.4. The summed E-state index contributed by atoms with van der Waals surface area (Å²) in [6.45, 7) is 8.00. The van der Waals surface area contributed by atoms with Gasteiger partial charge in [0.05, 0.1) is 24.8 Å². The van der Waals surface area contributed by atoms with Gasteiger partial charge in [0.25, 0.3) is 5.91 Å². The minimum absolute atomic E-state index is 0.0157. The van der Waals surface area contributed by atoms with Crippen molar-refractivity contribution in [3.63, 3.8) is 0 Å². The number of aliphatic hydroxyl groups is 1. The van der Waals surface area contributed by atoms with Crippen LogP contribution >= 0.6 is 0 Å². The number of aliphatic hydroxyl groups excluding tert-OH is 1. The number of hydrogen-bond acceptors (Lipinski definition) is 7. The number of rotatable bonds is 7. The first-order valence-corrected chi connectivity index (χ1v) is 13.3. The summed E-state index contributed by atoms with van der Waals surface area (Å²) in [5, 5.41) is 18.2. The van der Waals surface area contributed by atoms with E-state index in [9.17, 15) is 19.5 Å². The van der Waals surface area contributed by atoms with Crippen LogP contribution in [0.25, 0.3) is 0 Å². The van der Waals surface area contributed by atoms with E-state index in [1.165, 1.54) is 0 Å². The van der Waals surface area contributed by atoms with Crippen LogP contribution in [0.4, 0.5) is 21.0 Å². The maximum atomic E-state index is 13.6. The van der Waals surface area contributed by atoms with E-state index >= 15 is 0 Å². The molecule has 0 radical (unpaired) electrons. The summed E-state index contributed by atoms with van der Waals surface area (Å²) in [7, 11) is 1.69. The van der Waals surface area contributed by atoms with Gasteiger partial charge in [-0.1, -0.05) is 6.92 Å². The highest BCUT2D eigenvalue weighted by Gasteiger charge is 2.34. The molecule has 2 aromatic carbocycles. The van der Waals surface area contributed by atoms with Crippen molar-refractivity contribution in [2.45, 2.75) is 45.9 Å². The van der Waals surface area contributed by atoms with E-state index in [1.54, 1.807) is 60.2 Å². The largest absolute Gasteiger partial charge is 0.487 e. The Labute approximate surface area is 233 Å². The number of hydrogen-bond donors (Lipinski definition) is 4. The molecule has 12 heteroatoms. The summed E-state index contributed by atoms with van der Waals surface area (Å²) in [5.41, 5.74) is 1.13. The molecule has 4 rings (SSSR count). The molecule has 4 N–H and O–H groups in total. The van der Waals surface area contributed by atoms with E-state index in [0.29, 0.717) is 35.2 Å². The topological polar surface area (TPSA) is 142 Å². The first-order valence-electron chi connectivity index (χ1n) is 13.3. The molecule has 0 saturated heterocycles. The number of nitrogens with one attached hydrogen (secondary N) is 3. The lowest BCUT2D eigenvalue weighted by molar-refractivity contribution is 0.0366. The molecule has 0 spiro atoms. The predicted molar refractivity (Wildman–Crippen MR) is 149 cm³/mol. The zero-order chi connectivity index (χ0) is 29.0. The van der Waals surface area contributed by atoms with Crippen LogP contribution in [0.2, 0.25) is 0 Å². The van der Waals surface area contributed by atoms with E-state index in [2.05, 4.69) is 16.0 Å². The average Bonchev–Trinajstić information content (AvgIpc) is 3.38. The minimum Gasteiger partial charge on any atom is -0.487 e. The predicted octanol–water partition coefficient (Wildman–Crippen LogP) is 3.33. The highest BCUT2D eigenvalue weighted by molar-refractivity contribution is 6.02. The molecule has 5 amide bonds. The van der Waals surface area contributed by atoms with E-state index in [-0.39, 0.29) is 49.4 Å². The quantitative estimate of drug-likeness (QED) is 0.411. The number of fused-ring (bicyclic) bond motifs is 2. The van der Waals surface area contributed by atoms with Crippen molar-refractivity contribution >= 4 is 29.3 Å². The lowest BCUT2D eigenvalue weighted by Crippen LogP contribution is -2.51. The fraction of sp³-hybridized carbons (Fsp3) is 0.464. The second-order valence-corrected chi connectivity index (χ2v) is 10.5. The third kappa shape index (κ3) is 6.68. The van der Waals surface area contributed by atoms with Crippen molar-refractivity contribution in [3.8, 4) is 17.2 Å². The minimum atomic E-state index is -0.511. The molecule has 2 heterocycles. The van der Waals surface area contributed by atoms with E-state index < -0.39 is 18.2 Å². The number of nitrogens with zero attached hydrogens (tertiary/aromatic N) is 2. The number of anilines is 2. The molecule has 2 aliphatic heterocycles. The van der Waals surface area contributed by atoms with Crippen LogP contribution in [-0.4, -0.2) is 84.6 Å². The molecule has 0 bridgehead atoms. The first-order chi connectivity index (χ1) is 19.0. The maximum Gasteiger partial charge on any atom is 0.323 e. The number of likely N-dealkylation sites (N-methyl/N-ethyl adjacent to an activating group) is 1. The number of ether oxygens (including phenoxy) is 3. The third-order valence-electron chi connectivity index (χ3n) is 6.77. The van der Waals surface area contributed by atoms with Crippen LogP contribution in [0.1, 0.15) is 38.1 Å². The lowest BCUT2D eigenvalue weighted by atomic mass is 9.99. The van der Waals surface area contributed by atoms with E-state index in [4.69, 9.17) is 14.2 Å². The summed E-state index contributed by atoms with van der Waals surface area (Å²) in [6, 6.07) is 8.68. The van der Waals surface area contributed by atoms with Gasteiger partial charge in [0.1, 0.15) is 11.9 Å². The molecule has 0 saturated carbocycles. The van der Waals surface area contributed by atoms with Crippen LogP contribution in [0.5, 0.6) is 17.2 Å². The molecule has 0 fully saturated rings. The van der Waals surface area contributed by atoms with Gasteiger partial charge < -0.3 is 45.1 Å². The Balaban J connectivity index is 1.55. The SMILES string of the molecule is CC(C)NC(=O)N(C)C[C@@H]1Oc2ccc(NC(=O)Nc3ccc4c(c3)OCO4)cc2C(=O)N([C@H](C)CO)C[C@H]1C. The molecule has 0 aromatic heterocycles. The molecule has 0 aliphatic carbocycles. The maximum absolute atomic E-state index is 13.6. The monoisotopic (exact) mass is 555 g/mol.